The molecule has 0 aromatic heterocycles. The lowest BCUT2D eigenvalue weighted by Gasteiger charge is -2.37. The van der Waals surface area contributed by atoms with Gasteiger partial charge in [0.2, 0.25) is 0 Å². The van der Waals surface area contributed by atoms with Gasteiger partial charge in [0.15, 0.2) is 5.17 Å². The zero-order valence-corrected chi connectivity index (χ0v) is 16.6. The predicted molar refractivity (Wildman–Crippen MR) is 103 cm³/mol. The molecule has 28 heavy (non-hydrogen) atoms. The molecule has 0 spiro atoms. The van der Waals surface area contributed by atoms with Crippen molar-refractivity contribution in [3.8, 4) is 0 Å². The summed E-state index contributed by atoms with van der Waals surface area (Å²) in [5, 5.41) is 12.0. The van der Waals surface area contributed by atoms with E-state index >= 15 is 0 Å². The summed E-state index contributed by atoms with van der Waals surface area (Å²) in [5.74, 6) is 0.648. The number of alkyl halides is 3. The first kappa shape index (κ1) is 20.9. The van der Waals surface area contributed by atoms with Gasteiger partial charge in [0.25, 0.3) is 5.69 Å². The Morgan fingerprint density at radius 2 is 1.93 bits per heavy atom. The first-order valence-corrected chi connectivity index (χ1v) is 10.0. The van der Waals surface area contributed by atoms with Gasteiger partial charge in [0.1, 0.15) is 0 Å². The van der Waals surface area contributed by atoms with E-state index in [-0.39, 0.29) is 17.0 Å². The standard InChI is InChI=1S/C18H23F3N4O2S/c1-12(2)3-4-23-5-7-24(8-6-23)17-22-11-13-9-14(18(19,20)21)10-15(25(26)27)16(13)28-17/h9-10,12H,3-8,11H2,1-2H3. The molecule has 0 amide bonds. The fourth-order valence-corrected chi connectivity index (χ4v) is 4.37. The van der Waals surface area contributed by atoms with Crippen LogP contribution in [0.5, 0.6) is 0 Å². The van der Waals surface area contributed by atoms with E-state index < -0.39 is 22.4 Å². The van der Waals surface area contributed by atoms with E-state index in [2.05, 4.69) is 28.6 Å². The highest BCUT2D eigenvalue weighted by molar-refractivity contribution is 8.14. The number of halogens is 3. The van der Waals surface area contributed by atoms with Crippen molar-refractivity contribution in [3.63, 3.8) is 0 Å². The number of hydrogen-bond donors (Lipinski definition) is 0. The van der Waals surface area contributed by atoms with Crippen molar-refractivity contribution >= 4 is 22.6 Å². The van der Waals surface area contributed by atoms with Crippen LogP contribution in [0.25, 0.3) is 0 Å². The molecule has 0 bridgehead atoms. The zero-order valence-electron chi connectivity index (χ0n) is 15.8. The predicted octanol–water partition coefficient (Wildman–Crippen LogP) is 4.24. The summed E-state index contributed by atoms with van der Waals surface area (Å²) in [6.45, 7) is 8.73. The molecule has 2 aliphatic rings. The number of nitro groups is 1. The molecule has 1 aromatic rings. The molecule has 154 valence electrons. The minimum absolute atomic E-state index is 0.0238. The van der Waals surface area contributed by atoms with Gasteiger partial charge < -0.3 is 4.90 Å². The molecule has 1 saturated heterocycles. The number of thioether (sulfide) groups is 1. The van der Waals surface area contributed by atoms with Gasteiger partial charge in [-0.05, 0) is 42.3 Å². The monoisotopic (exact) mass is 416 g/mol. The molecule has 10 heteroatoms. The van der Waals surface area contributed by atoms with Crippen LogP contribution in [0.1, 0.15) is 31.4 Å². The van der Waals surface area contributed by atoms with Crippen LogP contribution < -0.4 is 0 Å². The fraction of sp³-hybridized carbons (Fsp3) is 0.611. The Kier molecular flexibility index (Phi) is 6.18. The average molecular weight is 416 g/mol. The largest absolute Gasteiger partial charge is 0.416 e. The van der Waals surface area contributed by atoms with E-state index in [9.17, 15) is 23.3 Å². The maximum Gasteiger partial charge on any atom is 0.416 e. The Morgan fingerprint density at radius 3 is 2.50 bits per heavy atom. The van der Waals surface area contributed by atoms with E-state index in [0.29, 0.717) is 17.2 Å². The average Bonchev–Trinajstić information content (AvgIpc) is 2.64. The van der Waals surface area contributed by atoms with Gasteiger partial charge in [0, 0.05) is 32.2 Å². The smallest absolute Gasteiger partial charge is 0.349 e. The lowest BCUT2D eigenvalue weighted by atomic mass is 10.1. The zero-order chi connectivity index (χ0) is 20.5. The molecule has 0 N–H and O–H groups in total. The second-order valence-electron chi connectivity index (χ2n) is 7.45. The van der Waals surface area contributed by atoms with Gasteiger partial charge in [-0.2, -0.15) is 13.2 Å². The van der Waals surface area contributed by atoms with Crippen LogP contribution >= 0.6 is 11.8 Å². The fourth-order valence-electron chi connectivity index (χ4n) is 3.25. The molecule has 2 heterocycles. The van der Waals surface area contributed by atoms with Crippen LogP contribution in [0.4, 0.5) is 18.9 Å². The summed E-state index contributed by atoms with van der Waals surface area (Å²) >= 11 is 1.11. The molecule has 0 unspecified atom stereocenters. The number of fused-ring (bicyclic) bond motifs is 1. The number of aliphatic imine (C=N–C) groups is 1. The minimum Gasteiger partial charge on any atom is -0.349 e. The maximum atomic E-state index is 13.0. The number of benzene rings is 1. The van der Waals surface area contributed by atoms with Gasteiger partial charge in [-0.15, -0.1) is 0 Å². The maximum absolute atomic E-state index is 13.0. The van der Waals surface area contributed by atoms with E-state index in [1.54, 1.807) is 0 Å². The van der Waals surface area contributed by atoms with Gasteiger partial charge >= 0.3 is 6.18 Å². The molecule has 0 saturated carbocycles. The molecular formula is C18H23F3N4O2S. The van der Waals surface area contributed by atoms with E-state index in [4.69, 9.17) is 0 Å². The summed E-state index contributed by atoms with van der Waals surface area (Å²) in [5.41, 5.74) is -1.25. The number of hydrogen-bond acceptors (Lipinski definition) is 6. The number of amidine groups is 1. The van der Waals surface area contributed by atoms with Crippen molar-refractivity contribution < 1.29 is 18.1 Å². The van der Waals surface area contributed by atoms with Crippen LogP contribution in [-0.2, 0) is 12.7 Å². The van der Waals surface area contributed by atoms with E-state index in [0.717, 1.165) is 57.0 Å². The summed E-state index contributed by atoms with van der Waals surface area (Å²) in [7, 11) is 0. The summed E-state index contributed by atoms with van der Waals surface area (Å²) < 4.78 is 39.1. The minimum atomic E-state index is -4.62. The van der Waals surface area contributed by atoms with Crippen molar-refractivity contribution in [2.75, 3.05) is 32.7 Å². The Balaban J connectivity index is 1.73. The number of rotatable bonds is 4. The van der Waals surface area contributed by atoms with Gasteiger partial charge in [0.05, 0.1) is 21.9 Å². The Labute approximate surface area is 165 Å². The van der Waals surface area contributed by atoms with Crippen molar-refractivity contribution in [2.45, 2.75) is 37.9 Å². The molecule has 3 rings (SSSR count). The second kappa shape index (κ2) is 8.28. The third-order valence-corrected chi connectivity index (χ3v) is 6.16. The normalized spacial score (nSPS) is 18.2. The number of nitro benzene ring substituents is 1. The summed E-state index contributed by atoms with van der Waals surface area (Å²) in [6, 6.07) is 1.60. The third-order valence-electron chi connectivity index (χ3n) is 4.91. The van der Waals surface area contributed by atoms with E-state index in [1.165, 1.54) is 0 Å². The molecular weight excluding hydrogens is 393 g/mol. The summed E-state index contributed by atoms with van der Waals surface area (Å²) in [6.07, 6.45) is -3.49. The Hall–Kier alpha value is -1.81. The highest BCUT2D eigenvalue weighted by Gasteiger charge is 2.36. The van der Waals surface area contributed by atoms with Gasteiger partial charge in [-0.1, -0.05) is 13.8 Å². The van der Waals surface area contributed by atoms with Crippen molar-refractivity contribution in [2.24, 2.45) is 10.9 Å². The SMILES string of the molecule is CC(C)CCN1CCN(C2=NCc3cc(C(F)(F)F)cc([N+](=O)[O-])c3S2)CC1. The summed E-state index contributed by atoms with van der Waals surface area (Å²) in [4.78, 5) is 19.8. The van der Waals surface area contributed by atoms with Crippen LogP contribution in [0.3, 0.4) is 0 Å². The van der Waals surface area contributed by atoms with Crippen LogP contribution in [-0.4, -0.2) is 52.6 Å². The Morgan fingerprint density at radius 1 is 1.25 bits per heavy atom. The molecule has 2 aliphatic heterocycles. The first-order valence-electron chi connectivity index (χ1n) is 9.23. The molecule has 0 aliphatic carbocycles. The van der Waals surface area contributed by atoms with Crippen LogP contribution in [0, 0.1) is 16.0 Å². The number of piperazine rings is 1. The molecule has 6 nitrogen and oxygen atoms in total. The second-order valence-corrected chi connectivity index (χ2v) is 8.43. The van der Waals surface area contributed by atoms with Crippen molar-refractivity contribution in [1.82, 2.24) is 9.80 Å². The molecule has 1 fully saturated rings. The highest BCUT2D eigenvalue weighted by atomic mass is 32.2. The van der Waals surface area contributed by atoms with Crippen molar-refractivity contribution in [3.05, 3.63) is 33.4 Å². The molecule has 0 radical (unpaired) electrons. The van der Waals surface area contributed by atoms with Gasteiger partial charge in [-0.25, -0.2) is 0 Å². The number of nitrogens with zero attached hydrogens (tertiary/aromatic N) is 4. The van der Waals surface area contributed by atoms with Crippen LogP contribution in [0.15, 0.2) is 22.0 Å². The lowest BCUT2D eigenvalue weighted by molar-refractivity contribution is -0.388. The lowest BCUT2D eigenvalue weighted by Crippen LogP contribution is -2.48. The first-order chi connectivity index (χ1) is 13.1. The molecule has 1 aromatic carbocycles. The third kappa shape index (κ3) is 4.78. The highest BCUT2D eigenvalue weighted by Crippen LogP contribution is 2.42. The topological polar surface area (TPSA) is 62.0 Å². The van der Waals surface area contributed by atoms with Crippen molar-refractivity contribution in [1.29, 1.82) is 0 Å². The molecule has 0 atom stereocenters. The van der Waals surface area contributed by atoms with E-state index in [1.807, 2.05) is 0 Å². The quantitative estimate of drug-likeness (QED) is 0.543. The van der Waals surface area contributed by atoms with Crippen LogP contribution in [0.2, 0.25) is 0 Å². The van der Waals surface area contributed by atoms with Gasteiger partial charge in [-0.3, -0.25) is 20.0 Å². The Bertz CT molecular complexity index is 775.